The molecule has 4 rings (SSSR count). The van der Waals surface area contributed by atoms with Crippen LogP contribution < -0.4 is 10.6 Å². The van der Waals surface area contributed by atoms with Crippen LogP contribution in [0.2, 0.25) is 0 Å². The Morgan fingerprint density at radius 2 is 1.55 bits per heavy atom. The largest absolute Gasteiger partial charge is 0.355 e. The fraction of sp³-hybridized carbons (Fsp3) is 0.259. The molecule has 1 aliphatic carbocycles. The molecule has 0 aromatic heterocycles. The quantitative estimate of drug-likeness (QED) is 0.510. The van der Waals surface area contributed by atoms with Gasteiger partial charge in [-0.2, -0.15) is 0 Å². The molecule has 4 heteroatoms. The minimum absolute atomic E-state index is 0.109. The van der Waals surface area contributed by atoms with Crippen molar-refractivity contribution in [3.63, 3.8) is 0 Å². The van der Waals surface area contributed by atoms with Crippen molar-refractivity contribution >= 4 is 17.5 Å². The standard InChI is InChI=1S/C27H28N2O2/c1-20-8-5-6-12-24(20)25(30)29-23-15-13-22(14-16-23)27(17-18-27)26(31)28-19-7-11-21-9-3-2-4-10-21/h2-6,8-10,12-16H,7,11,17-19H2,1H3,(H,28,31)(H,29,30). The predicted molar refractivity (Wildman–Crippen MR) is 124 cm³/mol. The Bertz CT molecular complexity index is 1050. The SMILES string of the molecule is Cc1ccccc1C(=O)Nc1ccc(C2(C(=O)NCCCc3ccccc3)CC2)cc1. The number of carbonyl (C=O) groups is 2. The van der Waals surface area contributed by atoms with E-state index in [0.29, 0.717) is 12.1 Å². The molecule has 31 heavy (non-hydrogen) atoms. The molecular weight excluding hydrogens is 384 g/mol. The number of anilines is 1. The van der Waals surface area contributed by atoms with Crippen molar-refractivity contribution in [2.75, 3.05) is 11.9 Å². The normalized spacial score (nSPS) is 14.0. The van der Waals surface area contributed by atoms with Crippen molar-refractivity contribution in [1.82, 2.24) is 5.32 Å². The first-order valence-electron chi connectivity index (χ1n) is 10.9. The fourth-order valence-electron chi connectivity index (χ4n) is 3.98. The Kier molecular flexibility index (Phi) is 6.17. The molecule has 0 heterocycles. The summed E-state index contributed by atoms with van der Waals surface area (Å²) in [6.07, 6.45) is 3.62. The highest BCUT2D eigenvalue weighted by molar-refractivity contribution is 6.05. The van der Waals surface area contributed by atoms with Gasteiger partial charge >= 0.3 is 0 Å². The molecule has 3 aromatic carbocycles. The van der Waals surface area contributed by atoms with Crippen molar-refractivity contribution in [3.05, 3.63) is 101 Å². The van der Waals surface area contributed by atoms with Crippen molar-refractivity contribution in [2.24, 2.45) is 0 Å². The number of benzene rings is 3. The zero-order valence-corrected chi connectivity index (χ0v) is 17.9. The van der Waals surface area contributed by atoms with E-state index in [9.17, 15) is 9.59 Å². The van der Waals surface area contributed by atoms with Crippen molar-refractivity contribution in [1.29, 1.82) is 0 Å². The van der Waals surface area contributed by atoms with E-state index in [1.54, 1.807) is 0 Å². The molecule has 0 spiro atoms. The van der Waals surface area contributed by atoms with E-state index in [4.69, 9.17) is 0 Å². The van der Waals surface area contributed by atoms with Crippen LogP contribution >= 0.6 is 0 Å². The molecule has 0 unspecified atom stereocenters. The average molecular weight is 413 g/mol. The maximum atomic E-state index is 12.8. The zero-order valence-electron chi connectivity index (χ0n) is 17.9. The summed E-state index contributed by atoms with van der Waals surface area (Å²) < 4.78 is 0. The van der Waals surface area contributed by atoms with Crippen molar-refractivity contribution in [3.8, 4) is 0 Å². The van der Waals surface area contributed by atoms with Gasteiger partial charge in [-0.3, -0.25) is 9.59 Å². The maximum Gasteiger partial charge on any atom is 0.255 e. The van der Waals surface area contributed by atoms with Gasteiger partial charge in [0.1, 0.15) is 0 Å². The molecule has 2 N–H and O–H groups in total. The molecule has 2 amide bonds. The lowest BCUT2D eigenvalue weighted by molar-refractivity contribution is -0.123. The number of carbonyl (C=O) groups excluding carboxylic acids is 2. The Hall–Kier alpha value is -3.40. The molecule has 4 nitrogen and oxygen atoms in total. The van der Waals surface area contributed by atoms with E-state index in [1.807, 2.05) is 73.7 Å². The minimum Gasteiger partial charge on any atom is -0.355 e. The Labute approximate surface area is 183 Å². The number of rotatable bonds is 8. The third-order valence-electron chi connectivity index (χ3n) is 6.04. The highest BCUT2D eigenvalue weighted by Gasteiger charge is 2.50. The summed E-state index contributed by atoms with van der Waals surface area (Å²) in [5.41, 5.74) is 4.24. The molecule has 0 radical (unpaired) electrons. The summed E-state index contributed by atoms with van der Waals surface area (Å²) in [6, 6.07) is 25.5. The fourth-order valence-corrected chi connectivity index (χ4v) is 3.98. The minimum atomic E-state index is -0.411. The van der Waals surface area contributed by atoms with Crippen LogP contribution in [0.3, 0.4) is 0 Å². The molecule has 1 aliphatic rings. The molecule has 3 aromatic rings. The van der Waals surface area contributed by atoms with E-state index in [0.717, 1.165) is 42.5 Å². The first-order chi connectivity index (χ1) is 15.1. The number of amides is 2. The van der Waals surface area contributed by atoms with Crippen LogP contribution in [0.5, 0.6) is 0 Å². The first-order valence-corrected chi connectivity index (χ1v) is 10.9. The van der Waals surface area contributed by atoms with Gasteiger partial charge < -0.3 is 10.6 Å². The maximum absolute atomic E-state index is 12.8. The van der Waals surface area contributed by atoms with Gasteiger partial charge in [0.15, 0.2) is 0 Å². The lowest BCUT2D eigenvalue weighted by Gasteiger charge is -2.16. The van der Waals surface area contributed by atoms with Gasteiger partial charge in [-0.1, -0.05) is 60.7 Å². The van der Waals surface area contributed by atoms with Crippen LogP contribution in [0.1, 0.15) is 46.3 Å². The number of nitrogens with one attached hydrogen (secondary N) is 2. The van der Waals surface area contributed by atoms with Crippen LogP contribution in [0.25, 0.3) is 0 Å². The van der Waals surface area contributed by atoms with Crippen LogP contribution in [-0.2, 0) is 16.6 Å². The Morgan fingerprint density at radius 3 is 2.23 bits per heavy atom. The Balaban J connectivity index is 1.32. The van der Waals surface area contributed by atoms with Crippen LogP contribution in [0, 0.1) is 6.92 Å². The smallest absolute Gasteiger partial charge is 0.255 e. The van der Waals surface area contributed by atoms with E-state index in [-0.39, 0.29) is 11.8 Å². The summed E-state index contributed by atoms with van der Waals surface area (Å²) in [6.45, 7) is 2.60. The third-order valence-corrected chi connectivity index (χ3v) is 6.04. The number of aryl methyl sites for hydroxylation is 2. The van der Waals surface area contributed by atoms with Gasteiger partial charge in [0.05, 0.1) is 5.41 Å². The molecular formula is C27H28N2O2. The topological polar surface area (TPSA) is 58.2 Å². The summed E-state index contributed by atoms with van der Waals surface area (Å²) >= 11 is 0. The van der Waals surface area contributed by atoms with Gasteiger partial charge in [-0.05, 0) is 67.5 Å². The average Bonchev–Trinajstić information content (AvgIpc) is 3.60. The molecule has 0 atom stereocenters. The van der Waals surface area contributed by atoms with Crippen LogP contribution in [0.15, 0.2) is 78.9 Å². The second-order valence-electron chi connectivity index (χ2n) is 8.27. The second-order valence-corrected chi connectivity index (χ2v) is 8.27. The molecule has 158 valence electrons. The summed E-state index contributed by atoms with van der Waals surface area (Å²) in [4.78, 5) is 25.4. The molecule has 0 saturated heterocycles. The van der Waals surface area contributed by atoms with Gasteiger partial charge in [-0.25, -0.2) is 0 Å². The number of hydrogen-bond donors (Lipinski definition) is 2. The first kappa shape index (κ1) is 20.9. The lowest BCUT2D eigenvalue weighted by Crippen LogP contribution is -2.35. The van der Waals surface area contributed by atoms with Gasteiger partial charge in [0.25, 0.3) is 5.91 Å². The Morgan fingerprint density at radius 1 is 0.871 bits per heavy atom. The molecule has 0 bridgehead atoms. The molecule has 0 aliphatic heterocycles. The summed E-state index contributed by atoms with van der Waals surface area (Å²) in [5, 5.41) is 6.07. The van der Waals surface area contributed by atoms with Gasteiger partial charge in [0, 0.05) is 17.8 Å². The van der Waals surface area contributed by atoms with Crippen molar-refractivity contribution in [2.45, 2.75) is 38.0 Å². The number of hydrogen-bond acceptors (Lipinski definition) is 2. The highest BCUT2D eigenvalue weighted by Crippen LogP contribution is 2.48. The summed E-state index contributed by atoms with van der Waals surface area (Å²) in [7, 11) is 0. The lowest BCUT2D eigenvalue weighted by atomic mass is 9.94. The highest BCUT2D eigenvalue weighted by atomic mass is 16.2. The second kappa shape index (κ2) is 9.17. The predicted octanol–water partition coefficient (Wildman–Crippen LogP) is 5.03. The molecule has 1 saturated carbocycles. The van der Waals surface area contributed by atoms with E-state index >= 15 is 0 Å². The van der Waals surface area contributed by atoms with Gasteiger partial charge in [-0.15, -0.1) is 0 Å². The molecule has 1 fully saturated rings. The van der Waals surface area contributed by atoms with Crippen LogP contribution in [0.4, 0.5) is 5.69 Å². The third kappa shape index (κ3) is 4.85. The van der Waals surface area contributed by atoms with E-state index in [1.165, 1.54) is 5.56 Å². The van der Waals surface area contributed by atoms with Crippen LogP contribution in [-0.4, -0.2) is 18.4 Å². The van der Waals surface area contributed by atoms with E-state index < -0.39 is 5.41 Å². The van der Waals surface area contributed by atoms with Crippen molar-refractivity contribution < 1.29 is 9.59 Å². The van der Waals surface area contributed by atoms with Gasteiger partial charge in [0.2, 0.25) is 5.91 Å². The monoisotopic (exact) mass is 412 g/mol. The van der Waals surface area contributed by atoms with E-state index in [2.05, 4.69) is 22.8 Å². The summed E-state index contributed by atoms with van der Waals surface area (Å²) in [5.74, 6) is -0.0135. The zero-order chi connectivity index (χ0) is 21.7.